The Kier molecular flexibility index (Phi) is 37.0. The summed E-state index contributed by atoms with van der Waals surface area (Å²) in [5.74, 6) is 0. The summed E-state index contributed by atoms with van der Waals surface area (Å²) in [6, 6.07) is 1.90. The minimum absolute atomic E-state index is 0. The molecule has 272 valence electrons. The molecular weight excluding hydrogens is 761 g/mol. The quantitative estimate of drug-likeness (QED) is 0.0578. The van der Waals surface area contributed by atoms with E-state index in [1.165, 1.54) is 77.0 Å². The van der Waals surface area contributed by atoms with E-state index in [-0.39, 0.29) is 38.3 Å². The summed E-state index contributed by atoms with van der Waals surface area (Å²) in [7, 11) is 0. The summed E-state index contributed by atoms with van der Waals surface area (Å²) in [5.41, 5.74) is 0. The Balaban J connectivity index is -0.000000271. The molecule has 0 aliphatic rings. The molecule has 0 radical (unpaired) electrons. The predicted molar refractivity (Wildman–Crippen MR) is 174 cm³/mol. The molecule has 0 fully saturated rings. The predicted octanol–water partition coefficient (Wildman–Crippen LogP) is 12.2. The zero-order valence-electron chi connectivity index (χ0n) is 28.8. The van der Waals surface area contributed by atoms with Gasteiger partial charge in [0.05, 0.1) is 0 Å². The summed E-state index contributed by atoms with van der Waals surface area (Å²) in [4.78, 5) is 0. The summed E-state index contributed by atoms with van der Waals surface area (Å²) >= 11 is -8.38. The first-order chi connectivity index (χ1) is 21.1. The topological polar surface area (TPSA) is 42.3 Å². The standard InChI is InChI=1S/C8H4F9Ge.3C8H18N.Zr/c9-6(10,11)18(7(12,13)14,8(15,16)17)5-3-1-2-4-5;3*1-3-5-7-9-8-6-4-2;/h1-4H;3*3-8H2,1-2H3;/q4*-1;+4. The number of hydrogen-bond donors (Lipinski definition) is 0. The molecule has 0 atom stereocenters. The number of alkyl halides is 9. The molecule has 46 heavy (non-hydrogen) atoms. The van der Waals surface area contributed by atoms with E-state index in [0.29, 0.717) is 0 Å². The van der Waals surface area contributed by atoms with Crippen molar-refractivity contribution in [2.24, 2.45) is 0 Å². The molecule has 0 bridgehead atoms. The number of nitrogens with zero attached hydrogens (tertiary/aromatic N) is 3. The third-order valence-corrected chi connectivity index (χ3v) is 14.3. The molecule has 0 N–H and O–H groups in total. The van der Waals surface area contributed by atoms with Crippen molar-refractivity contribution in [1.82, 2.24) is 0 Å². The van der Waals surface area contributed by atoms with Crippen molar-refractivity contribution in [3.63, 3.8) is 0 Å². The van der Waals surface area contributed by atoms with Crippen molar-refractivity contribution in [3.8, 4) is 0 Å². The van der Waals surface area contributed by atoms with Crippen LogP contribution in [0.3, 0.4) is 0 Å². The summed E-state index contributed by atoms with van der Waals surface area (Å²) in [6.07, 6.45) is 15.2. The van der Waals surface area contributed by atoms with Crippen LogP contribution in [-0.2, 0) is 26.2 Å². The van der Waals surface area contributed by atoms with E-state index in [2.05, 4.69) is 57.5 Å². The van der Waals surface area contributed by atoms with Crippen LogP contribution in [0.1, 0.15) is 119 Å². The molecule has 0 aliphatic heterocycles. The van der Waals surface area contributed by atoms with E-state index < -0.39 is 32.7 Å². The van der Waals surface area contributed by atoms with Crippen LogP contribution in [0.25, 0.3) is 16.0 Å². The molecule has 0 aromatic heterocycles. The van der Waals surface area contributed by atoms with Gasteiger partial charge in [-0.25, -0.2) is 0 Å². The second-order valence-electron chi connectivity index (χ2n) is 10.6. The molecule has 3 nitrogen and oxygen atoms in total. The summed E-state index contributed by atoms with van der Waals surface area (Å²) in [6.45, 7) is 19.7. The Morgan fingerprint density at radius 3 is 0.783 bits per heavy atom. The van der Waals surface area contributed by atoms with Crippen LogP contribution in [-0.4, -0.2) is 67.6 Å². The molecule has 0 saturated heterocycles. The zero-order valence-corrected chi connectivity index (χ0v) is 33.3. The van der Waals surface area contributed by atoms with Crippen LogP contribution in [0.15, 0.2) is 24.3 Å². The SMILES string of the molecule is CCCC[N-]CCCC.CCCC[N-]CCCC.CCCC[N-]CCCC.F[C](F)(F)[Ge]([c-]1cccc1)([C](F)(F)F)[C](F)(F)F.[Zr+4]. The molecule has 1 aromatic rings. The van der Waals surface area contributed by atoms with Crippen LogP contribution >= 0.6 is 0 Å². The van der Waals surface area contributed by atoms with Gasteiger partial charge < -0.3 is 16.0 Å². The Bertz CT molecular complexity index is 643. The van der Waals surface area contributed by atoms with Crippen molar-refractivity contribution < 1.29 is 65.7 Å². The molecular formula is C32H58F9GeN3Zr. The first-order valence-electron chi connectivity index (χ1n) is 16.4. The van der Waals surface area contributed by atoms with Crippen molar-refractivity contribution in [3.05, 3.63) is 40.2 Å². The number of halogens is 9. The van der Waals surface area contributed by atoms with Crippen molar-refractivity contribution in [2.45, 2.75) is 134 Å². The average Bonchev–Trinajstić information content (AvgIpc) is 3.46. The van der Waals surface area contributed by atoms with E-state index in [1.807, 2.05) is 0 Å². The van der Waals surface area contributed by atoms with Crippen LogP contribution in [0, 0.1) is 0 Å². The van der Waals surface area contributed by atoms with Crippen LogP contribution in [0.2, 0.25) is 0 Å². The minimum Gasteiger partial charge on any atom is 4.00 e. The van der Waals surface area contributed by atoms with Gasteiger partial charge in [0.25, 0.3) is 0 Å². The number of rotatable bonds is 19. The fourth-order valence-corrected chi connectivity index (χ4v) is 9.09. The first-order valence-corrected chi connectivity index (χ1v) is 20.6. The third-order valence-electron chi connectivity index (χ3n) is 6.39. The largest absolute Gasteiger partial charge is 4.00 e. The van der Waals surface area contributed by atoms with E-state index in [4.69, 9.17) is 0 Å². The van der Waals surface area contributed by atoms with E-state index >= 15 is 0 Å². The third kappa shape index (κ3) is 24.2. The van der Waals surface area contributed by atoms with Crippen LogP contribution in [0.5, 0.6) is 0 Å². The van der Waals surface area contributed by atoms with E-state index in [9.17, 15) is 39.5 Å². The van der Waals surface area contributed by atoms with Gasteiger partial charge in [0.15, 0.2) is 0 Å². The molecule has 0 heterocycles. The molecule has 1 aromatic carbocycles. The van der Waals surface area contributed by atoms with Crippen molar-refractivity contribution in [2.75, 3.05) is 39.3 Å². The molecule has 0 spiro atoms. The zero-order chi connectivity index (χ0) is 35.3. The fourth-order valence-electron chi connectivity index (χ4n) is 3.55. The molecule has 14 heteroatoms. The van der Waals surface area contributed by atoms with Crippen molar-refractivity contribution >= 4 is 17.7 Å². The first kappa shape index (κ1) is 52.8. The van der Waals surface area contributed by atoms with Gasteiger partial charge in [-0.15, -0.1) is 39.3 Å². The maximum Gasteiger partial charge on any atom is 4.00 e. The minimum atomic E-state index is -8.38. The second kappa shape index (κ2) is 32.2. The van der Waals surface area contributed by atoms with Crippen LogP contribution < -0.4 is 4.40 Å². The monoisotopic (exact) mass is 819 g/mol. The van der Waals surface area contributed by atoms with E-state index in [1.54, 1.807) is 0 Å². The van der Waals surface area contributed by atoms with Gasteiger partial charge in [0.2, 0.25) is 0 Å². The Labute approximate surface area is 295 Å². The molecule has 0 saturated carbocycles. The van der Waals surface area contributed by atoms with Crippen molar-refractivity contribution in [1.29, 1.82) is 0 Å². The van der Waals surface area contributed by atoms with Gasteiger partial charge in [0, 0.05) is 0 Å². The van der Waals surface area contributed by atoms with Gasteiger partial charge in [0.1, 0.15) is 0 Å². The molecule has 0 unspecified atom stereocenters. The summed E-state index contributed by atoms with van der Waals surface area (Å²) < 4.78 is 111. The van der Waals surface area contributed by atoms with Gasteiger partial charge in [-0.1, -0.05) is 119 Å². The maximum absolute atomic E-state index is 12.6. The maximum atomic E-state index is 12.6. The van der Waals surface area contributed by atoms with Gasteiger partial charge in [-0.05, 0) is 0 Å². The van der Waals surface area contributed by atoms with Crippen LogP contribution in [0.4, 0.5) is 39.5 Å². The number of unbranched alkanes of at least 4 members (excludes halogenated alkanes) is 6. The smallest absolute Gasteiger partial charge is 4.00 e. The Morgan fingerprint density at radius 2 is 0.630 bits per heavy atom. The molecule has 0 aliphatic carbocycles. The Morgan fingerprint density at radius 1 is 0.435 bits per heavy atom. The average molecular weight is 820 g/mol. The van der Waals surface area contributed by atoms with Gasteiger partial charge in [-0.2, -0.15) is 0 Å². The van der Waals surface area contributed by atoms with Gasteiger partial charge >= 0.3 is 123 Å². The molecule has 0 amide bonds. The second-order valence-corrected chi connectivity index (χ2v) is 18.5. The van der Waals surface area contributed by atoms with Gasteiger partial charge in [-0.3, -0.25) is 0 Å². The summed E-state index contributed by atoms with van der Waals surface area (Å²) in [5, 5.41) is -6.02. The fraction of sp³-hybridized carbons (Fsp3) is 0.844. The normalized spacial score (nSPS) is 11.7. The Hall–Kier alpha value is 0.0260. The molecule has 1 rings (SSSR count). The van der Waals surface area contributed by atoms with E-state index in [0.717, 1.165) is 51.4 Å². The number of hydrogen-bond acceptors (Lipinski definition) is 0.